The van der Waals surface area contributed by atoms with Crippen LogP contribution in [0.25, 0.3) is 0 Å². The third-order valence-corrected chi connectivity index (χ3v) is 13.8. The van der Waals surface area contributed by atoms with Crippen LogP contribution in [0.1, 0.15) is 76.2 Å². The molecule has 0 fully saturated rings. The third kappa shape index (κ3) is 8.53. The molecule has 0 aliphatic rings. The van der Waals surface area contributed by atoms with E-state index in [1.54, 1.807) is 0 Å². The Labute approximate surface area is 125 Å². The Kier molecular flexibility index (Phi) is 6.42. The fourth-order valence-electron chi connectivity index (χ4n) is 1.70. The van der Waals surface area contributed by atoms with Gasteiger partial charge in [0.05, 0.1) is 0 Å². The van der Waals surface area contributed by atoms with Crippen LogP contribution in [0.4, 0.5) is 0 Å². The van der Waals surface area contributed by atoms with Crippen molar-refractivity contribution >= 4 is 19.6 Å². The van der Waals surface area contributed by atoms with Gasteiger partial charge in [0, 0.05) is 0 Å². The molecule has 0 saturated carbocycles. The maximum absolute atomic E-state index is 6.40. The molecule has 116 valence electrons. The van der Waals surface area contributed by atoms with Gasteiger partial charge in [0.15, 0.2) is 0 Å². The predicted molar refractivity (Wildman–Crippen MR) is 83.4 cm³/mol. The summed E-state index contributed by atoms with van der Waals surface area (Å²) in [7, 11) is 0. The van der Waals surface area contributed by atoms with E-state index in [9.17, 15) is 0 Å². The molecule has 0 heterocycles. The molecular weight excluding hydrogens is 347 g/mol. The normalized spacial score (nSPS) is 15.2. The van der Waals surface area contributed by atoms with Crippen molar-refractivity contribution in [2.75, 3.05) is 0 Å². The van der Waals surface area contributed by atoms with E-state index in [0.29, 0.717) is 0 Å². The Morgan fingerprint density at radius 1 is 0.579 bits per heavy atom. The van der Waals surface area contributed by atoms with Crippen molar-refractivity contribution in [2.45, 2.75) is 96.9 Å². The Morgan fingerprint density at radius 2 is 0.789 bits per heavy atom. The van der Waals surface area contributed by atoms with Gasteiger partial charge in [-0.05, 0) is 0 Å². The van der Waals surface area contributed by atoms with Gasteiger partial charge in [-0.2, -0.15) is 0 Å². The van der Waals surface area contributed by atoms with Gasteiger partial charge < -0.3 is 0 Å². The Hall–Kier alpha value is 0.679. The standard InChI is InChI=1S/3C4H9O.C3H7.Sn/c3*1-4(2,3)5;1-3-2;/h3*1-3H3;3H,1-2H3;/q3*-1;;+3. The van der Waals surface area contributed by atoms with Crippen LogP contribution < -0.4 is 0 Å². The zero-order chi connectivity index (χ0) is 15.7. The molecule has 0 spiro atoms. The van der Waals surface area contributed by atoms with Gasteiger partial charge >= 0.3 is 126 Å². The zero-order valence-corrected chi connectivity index (χ0v) is 17.7. The molecule has 0 N–H and O–H groups in total. The first-order valence-electron chi connectivity index (χ1n) is 7.17. The summed E-state index contributed by atoms with van der Waals surface area (Å²) in [5.74, 6) is 0. The maximum atomic E-state index is 6.40. The second kappa shape index (κ2) is 6.20. The van der Waals surface area contributed by atoms with Crippen LogP contribution in [-0.4, -0.2) is 36.4 Å². The van der Waals surface area contributed by atoms with Gasteiger partial charge in [-0.15, -0.1) is 0 Å². The first-order valence-corrected chi connectivity index (χ1v) is 12.3. The molecule has 0 aliphatic carbocycles. The molecule has 4 heteroatoms. The second-order valence-corrected chi connectivity index (χ2v) is 16.9. The van der Waals surface area contributed by atoms with Gasteiger partial charge in [0.25, 0.3) is 0 Å². The van der Waals surface area contributed by atoms with Crippen molar-refractivity contribution < 1.29 is 9.22 Å². The summed E-state index contributed by atoms with van der Waals surface area (Å²) in [6, 6.07) is 0. The average molecular weight is 381 g/mol. The molecular formula is C15H34O3Sn. The van der Waals surface area contributed by atoms with Crippen molar-refractivity contribution in [3.05, 3.63) is 0 Å². The topological polar surface area (TPSA) is 27.7 Å². The second-order valence-electron chi connectivity index (χ2n) is 8.40. The van der Waals surface area contributed by atoms with Crippen LogP contribution in [0.3, 0.4) is 0 Å². The van der Waals surface area contributed by atoms with E-state index < -0.39 is 19.6 Å². The Balaban J connectivity index is 5.48. The fraction of sp³-hybridized carbons (Fsp3) is 1.00. The summed E-state index contributed by atoms with van der Waals surface area (Å²) >= 11 is -3.67. The summed E-state index contributed by atoms with van der Waals surface area (Å²) in [4.78, 5) is 0. The van der Waals surface area contributed by atoms with E-state index >= 15 is 0 Å². The molecule has 19 heavy (non-hydrogen) atoms. The minimum absolute atomic E-state index is 0.253. The van der Waals surface area contributed by atoms with E-state index in [-0.39, 0.29) is 20.7 Å². The summed E-state index contributed by atoms with van der Waals surface area (Å²) in [5.41, 5.74) is -0.759. The average Bonchev–Trinajstić information content (AvgIpc) is 1.91. The van der Waals surface area contributed by atoms with E-state index in [0.717, 1.165) is 0 Å². The van der Waals surface area contributed by atoms with Crippen LogP contribution in [0, 0.1) is 0 Å². The molecule has 0 aromatic heterocycles. The van der Waals surface area contributed by atoms with Crippen LogP contribution in [0.15, 0.2) is 0 Å². The number of hydrogen-bond acceptors (Lipinski definition) is 3. The summed E-state index contributed by atoms with van der Waals surface area (Å²) in [5, 5.41) is 0. The van der Waals surface area contributed by atoms with Gasteiger partial charge in [-0.3, -0.25) is 0 Å². The van der Waals surface area contributed by atoms with Crippen molar-refractivity contribution in [3.8, 4) is 0 Å². The molecule has 0 unspecified atom stereocenters. The first kappa shape index (κ1) is 19.7. The van der Waals surface area contributed by atoms with E-state index in [1.807, 2.05) is 0 Å². The number of rotatable bonds is 4. The molecule has 0 aliphatic heterocycles. The van der Waals surface area contributed by atoms with Gasteiger partial charge in [0.2, 0.25) is 0 Å². The Morgan fingerprint density at radius 3 is 0.895 bits per heavy atom. The summed E-state index contributed by atoms with van der Waals surface area (Å²) in [6.07, 6.45) is 0. The summed E-state index contributed by atoms with van der Waals surface area (Å²) in [6.45, 7) is 22.9. The van der Waals surface area contributed by atoms with E-state index in [4.69, 9.17) is 9.22 Å². The molecule has 0 aromatic carbocycles. The van der Waals surface area contributed by atoms with Crippen LogP contribution in [-0.2, 0) is 9.22 Å². The summed E-state index contributed by atoms with van der Waals surface area (Å²) < 4.78 is 19.5. The molecule has 0 bridgehead atoms. The minimum atomic E-state index is -3.67. The molecule has 0 aromatic rings. The molecule has 0 amide bonds. The van der Waals surface area contributed by atoms with Gasteiger partial charge in [0.1, 0.15) is 0 Å². The molecule has 0 radical (unpaired) electrons. The van der Waals surface area contributed by atoms with Crippen LogP contribution in [0.2, 0.25) is 3.93 Å². The first-order chi connectivity index (χ1) is 8.06. The van der Waals surface area contributed by atoms with Crippen molar-refractivity contribution in [1.82, 2.24) is 0 Å². The number of hydrogen-bond donors (Lipinski definition) is 0. The molecule has 3 nitrogen and oxygen atoms in total. The quantitative estimate of drug-likeness (QED) is 0.656. The van der Waals surface area contributed by atoms with Crippen LogP contribution >= 0.6 is 0 Å². The zero-order valence-electron chi connectivity index (χ0n) is 14.8. The molecule has 0 atom stereocenters. The van der Waals surface area contributed by atoms with E-state index in [1.165, 1.54) is 0 Å². The van der Waals surface area contributed by atoms with Crippen molar-refractivity contribution in [2.24, 2.45) is 0 Å². The monoisotopic (exact) mass is 382 g/mol. The van der Waals surface area contributed by atoms with Gasteiger partial charge in [-0.1, -0.05) is 0 Å². The van der Waals surface area contributed by atoms with Crippen molar-refractivity contribution in [1.29, 1.82) is 0 Å². The SMILES string of the molecule is C[CH](C)[Sn]([O]C(C)(C)C)([O]C(C)(C)C)[O]C(C)(C)C. The fourth-order valence-corrected chi connectivity index (χ4v) is 11.4. The third-order valence-electron chi connectivity index (χ3n) is 2.05. The van der Waals surface area contributed by atoms with Crippen LogP contribution in [0.5, 0.6) is 0 Å². The molecule has 0 saturated heterocycles. The Bertz CT molecular complexity index is 238. The predicted octanol–water partition coefficient (Wildman–Crippen LogP) is 4.78. The molecule has 0 rings (SSSR count). The van der Waals surface area contributed by atoms with Crippen molar-refractivity contribution in [3.63, 3.8) is 0 Å². The van der Waals surface area contributed by atoms with E-state index in [2.05, 4.69) is 76.2 Å². The van der Waals surface area contributed by atoms with Gasteiger partial charge in [-0.25, -0.2) is 0 Å².